The quantitative estimate of drug-likeness (QED) is 0.850. The Morgan fingerprint density at radius 1 is 1.07 bits per heavy atom. The molecule has 2 aromatic carbocycles. The van der Waals surface area contributed by atoms with Crippen LogP contribution in [0.25, 0.3) is 0 Å². The number of piperazine rings is 1. The maximum atomic E-state index is 13.0. The molecule has 0 aromatic heterocycles. The number of nitrogens with zero attached hydrogens (tertiary/aromatic N) is 2. The molecule has 3 rings (SSSR count). The van der Waals surface area contributed by atoms with Crippen LogP contribution in [0.15, 0.2) is 53.4 Å². The molecular formula is C19H22FN3O3S. The first-order valence-electron chi connectivity index (χ1n) is 8.79. The Kier molecular flexibility index (Phi) is 5.88. The van der Waals surface area contributed by atoms with Crippen molar-refractivity contribution in [3.05, 3.63) is 59.9 Å². The number of carbonyl (C=O) groups is 1. The molecule has 1 aliphatic heterocycles. The standard InChI is InChI=1S/C19H22FN3O3S/c1-2-22-10-12-23(13-11-22)27(25,26)18-5-3-4-17(14-18)21-19(24)15-6-8-16(20)9-7-15/h3-9,14H,2,10-13H2,1H3,(H,21,24). The number of halogens is 1. The Hall–Kier alpha value is -2.29. The number of amides is 1. The molecule has 0 atom stereocenters. The second-order valence-corrected chi connectivity index (χ2v) is 8.27. The molecule has 1 amide bonds. The van der Waals surface area contributed by atoms with Crippen molar-refractivity contribution in [2.75, 3.05) is 38.0 Å². The van der Waals surface area contributed by atoms with E-state index in [2.05, 4.69) is 17.1 Å². The van der Waals surface area contributed by atoms with Gasteiger partial charge in [-0.15, -0.1) is 0 Å². The number of nitrogens with one attached hydrogen (secondary N) is 1. The Balaban J connectivity index is 1.75. The van der Waals surface area contributed by atoms with Crippen LogP contribution in [0.3, 0.4) is 0 Å². The molecule has 0 radical (unpaired) electrons. The SMILES string of the molecule is CCN1CCN(S(=O)(=O)c2cccc(NC(=O)c3ccc(F)cc3)c2)CC1. The first-order chi connectivity index (χ1) is 12.9. The van der Waals surface area contributed by atoms with E-state index in [1.54, 1.807) is 12.1 Å². The summed E-state index contributed by atoms with van der Waals surface area (Å²) >= 11 is 0. The van der Waals surface area contributed by atoms with Crippen molar-refractivity contribution < 1.29 is 17.6 Å². The van der Waals surface area contributed by atoms with Gasteiger partial charge in [-0.1, -0.05) is 13.0 Å². The first-order valence-corrected chi connectivity index (χ1v) is 10.2. The largest absolute Gasteiger partial charge is 0.322 e. The molecule has 1 aliphatic rings. The normalized spacial score (nSPS) is 16.2. The molecule has 1 fully saturated rings. The van der Waals surface area contributed by atoms with Gasteiger partial charge in [0, 0.05) is 37.4 Å². The summed E-state index contributed by atoms with van der Waals surface area (Å²) in [5.74, 6) is -0.857. The number of anilines is 1. The van der Waals surface area contributed by atoms with Crippen molar-refractivity contribution in [1.29, 1.82) is 0 Å². The van der Waals surface area contributed by atoms with E-state index >= 15 is 0 Å². The number of benzene rings is 2. The lowest BCUT2D eigenvalue weighted by atomic mass is 10.2. The number of sulfonamides is 1. The van der Waals surface area contributed by atoms with Gasteiger partial charge in [0.2, 0.25) is 10.0 Å². The van der Waals surface area contributed by atoms with E-state index < -0.39 is 21.7 Å². The first kappa shape index (κ1) is 19.5. The van der Waals surface area contributed by atoms with Crippen LogP contribution in [0.4, 0.5) is 10.1 Å². The van der Waals surface area contributed by atoms with E-state index in [1.807, 2.05) is 0 Å². The number of carbonyl (C=O) groups excluding carboxylic acids is 1. The molecule has 0 spiro atoms. The molecule has 2 aromatic rings. The Morgan fingerprint density at radius 3 is 2.37 bits per heavy atom. The van der Waals surface area contributed by atoms with Crippen LogP contribution < -0.4 is 5.32 Å². The second-order valence-electron chi connectivity index (χ2n) is 6.33. The minimum Gasteiger partial charge on any atom is -0.322 e. The molecule has 8 heteroatoms. The van der Waals surface area contributed by atoms with Gasteiger partial charge in [-0.25, -0.2) is 12.8 Å². The van der Waals surface area contributed by atoms with Crippen molar-refractivity contribution in [2.24, 2.45) is 0 Å². The van der Waals surface area contributed by atoms with E-state index in [9.17, 15) is 17.6 Å². The lowest BCUT2D eigenvalue weighted by Crippen LogP contribution is -2.48. The van der Waals surface area contributed by atoms with Gasteiger partial charge >= 0.3 is 0 Å². The van der Waals surface area contributed by atoms with Crippen molar-refractivity contribution in [3.63, 3.8) is 0 Å². The fourth-order valence-corrected chi connectivity index (χ4v) is 4.44. The summed E-state index contributed by atoms with van der Waals surface area (Å²) in [7, 11) is -3.62. The van der Waals surface area contributed by atoms with Gasteiger partial charge in [0.1, 0.15) is 5.82 Å². The number of hydrogen-bond donors (Lipinski definition) is 1. The zero-order valence-electron chi connectivity index (χ0n) is 15.1. The van der Waals surface area contributed by atoms with Crippen molar-refractivity contribution in [3.8, 4) is 0 Å². The van der Waals surface area contributed by atoms with E-state index in [1.165, 1.54) is 40.7 Å². The maximum Gasteiger partial charge on any atom is 0.255 e. The zero-order chi connectivity index (χ0) is 19.4. The molecular weight excluding hydrogens is 369 g/mol. The topological polar surface area (TPSA) is 69.7 Å². The molecule has 1 saturated heterocycles. The highest BCUT2D eigenvalue weighted by Gasteiger charge is 2.28. The number of likely N-dealkylation sites (N-methyl/N-ethyl adjacent to an activating group) is 1. The molecule has 1 heterocycles. The predicted molar refractivity (Wildman–Crippen MR) is 102 cm³/mol. The van der Waals surface area contributed by atoms with Gasteiger partial charge < -0.3 is 10.2 Å². The Bertz CT molecular complexity index is 908. The van der Waals surface area contributed by atoms with E-state index in [0.29, 0.717) is 37.4 Å². The van der Waals surface area contributed by atoms with Crippen molar-refractivity contribution >= 4 is 21.6 Å². The van der Waals surface area contributed by atoms with Gasteiger partial charge in [-0.05, 0) is 49.0 Å². The van der Waals surface area contributed by atoms with Gasteiger partial charge in [0.05, 0.1) is 4.90 Å². The van der Waals surface area contributed by atoms with Crippen LogP contribution in [0.2, 0.25) is 0 Å². The minimum absolute atomic E-state index is 0.143. The molecule has 0 saturated carbocycles. The number of hydrogen-bond acceptors (Lipinski definition) is 4. The average molecular weight is 391 g/mol. The highest BCUT2D eigenvalue weighted by Crippen LogP contribution is 2.21. The highest BCUT2D eigenvalue weighted by molar-refractivity contribution is 7.89. The molecule has 6 nitrogen and oxygen atoms in total. The van der Waals surface area contributed by atoms with Crippen LogP contribution >= 0.6 is 0 Å². The third-order valence-corrected chi connectivity index (χ3v) is 6.51. The fourth-order valence-electron chi connectivity index (χ4n) is 2.97. The van der Waals surface area contributed by atoms with Crippen LogP contribution in [0.5, 0.6) is 0 Å². The smallest absolute Gasteiger partial charge is 0.255 e. The fraction of sp³-hybridized carbons (Fsp3) is 0.316. The third kappa shape index (κ3) is 4.52. The number of rotatable bonds is 5. The summed E-state index contributed by atoms with van der Waals surface area (Å²) in [6.45, 7) is 5.26. The van der Waals surface area contributed by atoms with Crippen LogP contribution in [0.1, 0.15) is 17.3 Å². The summed E-state index contributed by atoms with van der Waals surface area (Å²) in [5, 5.41) is 2.66. The van der Waals surface area contributed by atoms with Gasteiger partial charge in [0.15, 0.2) is 0 Å². The van der Waals surface area contributed by atoms with E-state index in [0.717, 1.165) is 6.54 Å². The van der Waals surface area contributed by atoms with Crippen molar-refractivity contribution in [1.82, 2.24) is 9.21 Å². The lowest BCUT2D eigenvalue weighted by molar-refractivity contribution is 0.102. The zero-order valence-corrected chi connectivity index (χ0v) is 15.9. The monoisotopic (exact) mass is 391 g/mol. The summed E-state index contributed by atoms with van der Waals surface area (Å²) < 4.78 is 40.2. The maximum absolute atomic E-state index is 13.0. The Labute approximate surface area is 158 Å². The predicted octanol–water partition coefficient (Wildman–Crippen LogP) is 2.40. The van der Waals surface area contributed by atoms with Gasteiger partial charge in [-0.3, -0.25) is 4.79 Å². The third-order valence-electron chi connectivity index (χ3n) is 4.61. The summed E-state index contributed by atoms with van der Waals surface area (Å²) in [5.41, 5.74) is 0.665. The second kappa shape index (κ2) is 8.16. The summed E-state index contributed by atoms with van der Waals surface area (Å²) in [6, 6.07) is 11.3. The molecule has 0 aliphatic carbocycles. The molecule has 144 valence electrons. The summed E-state index contributed by atoms with van der Waals surface area (Å²) in [6.07, 6.45) is 0. The summed E-state index contributed by atoms with van der Waals surface area (Å²) in [4.78, 5) is 14.6. The van der Waals surface area contributed by atoms with Crippen molar-refractivity contribution in [2.45, 2.75) is 11.8 Å². The van der Waals surface area contributed by atoms with Crippen LogP contribution in [0, 0.1) is 5.82 Å². The highest BCUT2D eigenvalue weighted by atomic mass is 32.2. The van der Waals surface area contributed by atoms with Gasteiger partial charge in [-0.2, -0.15) is 4.31 Å². The lowest BCUT2D eigenvalue weighted by Gasteiger charge is -2.33. The molecule has 0 bridgehead atoms. The van der Waals surface area contributed by atoms with E-state index in [4.69, 9.17) is 0 Å². The molecule has 1 N–H and O–H groups in total. The van der Waals surface area contributed by atoms with Gasteiger partial charge in [0.25, 0.3) is 5.91 Å². The Morgan fingerprint density at radius 2 is 1.74 bits per heavy atom. The van der Waals surface area contributed by atoms with Crippen LogP contribution in [-0.4, -0.2) is 56.3 Å². The van der Waals surface area contributed by atoms with Crippen LogP contribution in [-0.2, 0) is 10.0 Å². The molecule has 0 unspecified atom stereocenters. The van der Waals surface area contributed by atoms with E-state index in [-0.39, 0.29) is 4.90 Å². The minimum atomic E-state index is -3.62. The molecule has 27 heavy (non-hydrogen) atoms. The average Bonchev–Trinajstić information content (AvgIpc) is 2.68.